The molecule has 3 nitrogen and oxygen atoms in total. The van der Waals surface area contributed by atoms with Crippen LogP contribution in [0.4, 0.5) is 18.9 Å². The quantitative estimate of drug-likeness (QED) is 0.922. The van der Waals surface area contributed by atoms with Crippen molar-refractivity contribution in [1.82, 2.24) is 0 Å². The van der Waals surface area contributed by atoms with Gasteiger partial charge in [-0.15, -0.1) is 0 Å². The fourth-order valence-corrected chi connectivity index (χ4v) is 1.54. The van der Waals surface area contributed by atoms with E-state index in [0.29, 0.717) is 5.69 Å². The Morgan fingerprint density at radius 3 is 2.72 bits per heavy atom. The van der Waals surface area contributed by atoms with E-state index in [-0.39, 0.29) is 0 Å². The van der Waals surface area contributed by atoms with Crippen LogP contribution in [0.1, 0.15) is 5.56 Å². The SMILES string of the molecule is Cc1ccc(Br)cc1NC(=O)COCC(F)(F)F. The first-order chi connectivity index (χ1) is 8.28. The van der Waals surface area contributed by atoms with Gasteiger partial charge in [0, 0.05) is 10.2 Å². The van der Waals surface area contributed by atoms with Crippen molar-refractivity contribution < 1.29 is 22.7 Å². The molecule has 0 saturated carbocycles. The van der Waals surface area contributed by atoms with Crippen molar-refractivity contribution in [2.45, 2.75) is 13.1 Å². The van der Waals surface area contributed by atoms with Crippen LogP contribution in [0.25, 0.3) is 0 Å². The molecule has 0 atom stereocenters. The molecule has 1 amide bonds. The van der Waals surface area contributed by atoms with Crippen LogP contribution in [-0.4, -0.2) is 25.3 Å². The number of anilines is 1. The normalized spacial score (nSPS) is 11.4. The standard InChI is InChI=1S/C11H11BrF3NO2/c1-7-2-3-8(12)4-9(7)16-10(17)5-18-6-11(13,14)15/h2-4H,5-6H2,1H3,(H,16,17). The zero-order valence-corrected chi connectivity index (χ0v) is 11.1. The van der Waals surface area contributed by atoms with Crippen molar-refractivity contribution in [3.05, 3.63) is 28.2 Å². The number of amides is 1. The van der Waals surface area contributed by atoms with Crippen molar-refractivity contribution >= 4 is 27.5 Å². The lowest BCUT2D eigenvalue weighted by atomic mass is 10.2. The first-order valence-corrected chi connectivity index (χ1v) is 5.78. The number of carbonyl (C=O) groups is 1. The summed E-state index contributed by atoms with van der Waals surface area (Å²) in [5, 5.41) is 2.48. The molecule has 1 N–H and O–H groups in total. The van der Waals surface area contributed by atoms with Gasteiger partial charge in [-0.05, 0) is 24.6 Å². The number of nitrogens with one attached hydrogen (secondary N) is 1. The summed E-state index contributed by atoms with van der Waals surface area (Å²) in [6.07, 6.45) is -4.42. The summed E-state index contributed by atoms with van der Waals surface area (Å²) in [7, 11) is 0. The Morgan fingerprint density at radius 1 is 1.44 bits per heavy atom. The van der Waals surface area contributed by atoms with Gasteiger partial charge in [-0.25, -0.2) is 0 Å². The van der Waals surface area contributed by atoms with Gasteiger partial charge in [-0.3, -0.25) is 4.79 Å². The van der Waals surface area contributed by atoms with Gasteiger partial charge in [0.25, 0.3) is 0 Å². The maximum atomic E-state index is 11.8. The molecular formula is C11H11BrF3NO2. The molecule has 1 rings (SSSR count). The van der Waals surface area contributed by atoms with Crippen LogP contribution in [0.5, 0.6) is 0 Å². The number of hydrogen-bond acceptors (Lipinski definition) is 2. The molecule has 0 bridgehead atoms. The van der Waals surface area contributed by atoms with Gasteiger partial charge in [-0.2, -0.15) is 13.2 Å². The van der Waals surface area contributed by atoms with Gasteiger partial charge < -0.3 is 10.1 Å². The maximum absolute atomic E-state index is 11.8. The predicted octanol–water partition coefficient (Wildman–Crippen LogP) is 3.27. The maximum Gasteiger partial charge on any atom is 0.411 e. The van der Waals surface area contributed by atoms with Crippen LogP contribution < -0.4 is 5.32 Å². The van der Waals surface area contributed by atoms with E-state index in [2.05, 4.69) is 26.0 Å². The molecule has 0 aliphatic rings. The number of halogens is 4. The van der Waals surface area contributed by atoms with Crippen molar-refractivity contribution in [1.29, 1.82) is 0 Å². The Balaban J connectivity index is 2.47. The monoisotopic (exact) mass is 325 g/mol. The molecule has 1 aromatic rings. The van der Waals surface area contributed by atoms with Crippen LogP contribution in [0.3, 0.4) is 0 Å². The Bertz CT molecular complexity index is 435. The zero-order valence-electron chi connectivity index (χ0n) is 9.47. The predicted molar refractivity (Wildman–Crippen MR) is 64.4 cm³/mol. The van der Waals surface area contributed by atoms with E-state index in [1.165, 1.54) is 0 Å². The third-order valence-corrected chi connectivity index (χ3v) is 2.47. The summed E-state index contributed by atoms with van der Waals surface area (Å²) >= 11 is 3.23. The van der Waals surface area contributed by atoms with E-state index >= 15 is 0 Å². The lowest BCUT2D eigenvalue weighted by Gasteiger charge is -2.10. The molecule has 0 heterocycles. The lowest BCUT2D eigenvalue weighted by molar-refractivity contribution is -0.174. The molecular weight excluding hydrogens is 315 g/mol. The van der Waals surface area contributed by atoms with Crippen LogP contribution in [0.2, 0.25) is 0 Å². The number of ether oxygens (including phenoxy) is 1. The number of benzene rings is 1. The summed E-state index contributed by atoms with van der Waals surface area (Å²) in [5.74, 6) is -0.625. The van der Waals surface area contributed by atoms with E-state index in [0.717, 1.165) is 10.0 Å². The summed E-state index contributed by atoms with van der Waals surface area (Å²) in [5.41, 5.74) is 1.34. The zero-order chi connectivity index (χ0) is 13.8. The fourth-order valence-electron chi connectivity index (χ4n) is 1.17. The lowest BCUT2D eigenvalue weighted by Crippen LogP contribution is -2.24. The third kappa shape index (κ3) is 5.50. The summed E-state index contributed by atoms with van der Waals surface area (Å²) in [6.45, 7) is -0.290. The first kappa shape index (κ1) is 15.0. The average molecular weight is 326 g/mol. The van der Waals surface area contributed by atoms with Gasteiger partial charge in [0.15, 0.2) is 0 Å². The fraction of sp³-hybridized carbons (Fsp3) is 0.364. The third-order valence-electron chi connectivity index (χ3n) is 1.97. The van der Waals surface area contributed by atoms with Crippen LogP contribution in [-0.2, 0) is 9.53 Å². The van der Waals surface area contributed by atoms with E-state index in [4.69, 9.17) is 0 Å². The summed E-state index contributed by atoms with van der Waals surface area (Å²) in [6, 6.07) is 5.23. The minimum atomic E-state index is -4.42. The number of carbonyl (C=O) groups excluding carboxylic acids is 1. The van der Waals surface area contributed by atoms with Gasteiger partial charge in [0.05, 0.1) is 0 Å². The second-order valence-electron chi connectivity index (χ2n) is 3.62. The highest BCUT2D eigenvalue weighted by Gasteiger charge is 2.27. The molecule has 100 valence electrons. The van der Waals surface area contributed by atoms with Crippen molar-refractivity contribution in [2.75, 3.05) is 18.5 Å². The second-order valence-corrected chi connectivity index (χ2v) is 4.53. The highest BCUT2D eigenvalue weighted by atomic mass is 79.9. The second kappa shape index (κ2) is 6.19. The average Bonchev–Trinajstić information content (AvgIpc) is 2.21. The molecule has 0 unspecified atom stereocenters. The van der Waals surface area contributed by atoms with Gasteiger partial charge >= 0.3 is 6.18 Å². The molecule has 1 aromatic carbocycles. The van der Waals surface area contributed by atoms with Crippen LogP contribution in [0, 0.1) is 6.92 Å². The van der Waals surface area contributed by atoms with Gasteiger partial charge in [0.1, 0.15) is 13.2 Å². The molecule has 0 fully saturated rings. The molecule has 0 aliphatic heterocycles. The topological polar surface area (TPSA) is 38.3 Å². The van der Waals surface area contributed by atoms with E-state index in [1.807, 2.05) is 0 Å². The van der Waals surface area contributed by atoms with E-state index in [9.17, 15) is 18.0 Å². The van der Waals surface area contributed by atoms with Gasteiger partial charge in [0.2, 0.25) is 5.91 Å². The molecule has 0 saturated heterocycles. The van der Waals surface area contributed by atoms with Crippen molar-refractivity contribution in [3.63, 3.8) is 0 Å². The van der Waals surface area contributed by atoms with Crippen molar-refractivity contribution in [2.24, 2.45) is 0 Å². The number of aryl methyl sites for hydroxylation is 1. The van der Waals surface area contributed by atoms with E-state index in [1.54, 1.807) is 25.1 Å². The molecule has 0 radical (unpaired) electrons. The number of rotatable bonds is 4. The molecule has 0 aromatic heterocycles. The summed E-state index contributed by atoms with van der Waals surface area (Å²) in [4.78, 5) is 11.3. The Morgan fingerprint density at radius 2 is 2.11 bits per heavy atom. The van der Waals surface area contributed by atoms with Gasteiger partial charge in [-0.1, -0.05) is 22.0 Å². The molecule has 0 aliphatic carbocycles. The molecule has 18 heavy (non-hydrogen) atoms. The highest BCUT2D eigenvalue weighted by Crippen LogP contribution is 2.20. The minimum absolute atomic E-state index is 0.532. The molecule has 0 spiro atoms. The van der Waals surface area contributed by atoms with Crippen molar-refractivity contribution in [3.8, 4) is 0 Å². The highest BCUT2D eigenvalue weighted by molar-refractivity contribution is 9.10. The van der Waals surface area contributed by atoms with Crippen LogP contribution >= 0.6 is 15.9 Å². The number of alkyl halides is 3. The smallest absolute Gasteiger partial charge is 0.362 e. The Labute approximate surface area is 110 Å². The Kier molecular flexibility index (Phi) is 5.15. The largest absolute Gasteiger partial charge is 0.411 e. The van der Waals surface area contributed by atoms with Crippen LogP contribution in [0.15, 0.2) is 22.7 Å². The molecule has 7 heteroatoms. The summed E-state index contributed by atoms with van der Waals surface area (Å²) < 4.78 is 40.4. The minimum Gasteiger partial charge on any atom is -0.362 e. The first-order valence-electron chi connectivity index (χ1n) is 4.98. The number of hydrogen-bond donors (Lipinski definition) is 1. The Hall–Kier alpha value is -1.08. The van der Waals surface area contributed by atoms with E-state index < -0.39 is 25.3 Å².